The van der Waals surface area contributed by atoms with Crippen LogP contribution in [0.3, 0.4) is 0 Å². The Kier molecular flexibility index (Phi) is 2.79. The number of aromatic nitrogens is 5. The summed E-state index contributed by atoms with van der Waals surface area (Å²) in [6, 6.07) is 5.51. The zero-order valence-corrected chi connectivity index (χ0v) is 10.5. The Morgan fingerprint density at radius 2 is 2.16 bits per heavy atom. The number of hydrogen-bond donors (Lipinski definition) is 1. The quantitative estimate of drug-likeness (QED) is 0.752. The molecule has 0 saturated carbocycles. The van der Waals surface area contributed by atoms with E-state index in [0.29, 0.717) is 24.9 Å². The van der Waals surface area contributed by atoms with E-state index in [9.17, 15) is 0 Å². The number of methoxy groups -OCH3 is 1. The zero-order valence-electron chi connectivity index (χ0n) is 10.5. The van der Waals surface area contributed by atoms with Crippen molar-refractivity contribution in [3.63, 3.8) is 0 Å². The zero-order chi connectivity index (χ0) is 13.2. The second-order valence-electron chi connectivity index (χ2n) is 4.09. The van der Waals surface area contributed by atoms with Crippen molar-refractivity contribution in [1.29, 1.82) is 0 Å². The number of imidazole rings is 1. The number of anilines is 1. The SMILES string of the molecule is COc1ccc2nc(N)n(CCn3cccn3)c2n1. The minimum Gasteiger partial charge on any atom is -0.481 e. The van der Waals surface area contributed by atoms with Crippen LogP contribution in [0.4, 0.5) is 5.95 Å². The molecule has 0 bridgehead atoms. The molecule has 2 N–H and O–H groups in total. The highest BCUT2D eigenvalue weighted by Crippen LogP contribution is 2.19. The fourth-order valence-electron chi connectivity index (χ4n) is 1.97. The van der Waals surface area contributed by atoms with Crippen LogP contribution >= 0.6 is 0 Å². The summed E-state index contributed by atoms with van der Waals surface area (Å²) in [5.41, 5.74) is 7.41. The van der Waals surface area contributed by atoms with E-state index in [4.69, 9.17) is 10.5 Å². The maximum atomic E-state index is 5.93. The van der Waals surface area contributed by atoms with Gasteiger partial charge in [-0.15, -0.1) is 0 Å². The van der Waals surface area contributed by atoms with Crippen LogP contribution < -0.4 is 10.5 Å². The molecule has 0 aliphatic heterocycles. The van der Waals surface area contributed by atoms with E-state index in [1.54, 1.807) is 19.4 Å². The average molecular weight is 258 g/mol. The van der Waals surface area contributed by atoms with Gasteiger partial charge in [0, 0.05) is 25.0 Å². The molecule has 3 rings (SSSR count). The number of rotatable bonds is 4. The van der Waals surface area contributed by atoms with E-state index < -0.39 is 0 Å². The molecule has 0 aromatic carbocycles. The van der Waals surface area contributed by atoms with Crippen molar-refractivity contribution in [1.82, 2.24) is 24.3 Å². The summed E-state index contributed by atoms with van der Waals surface area (Å²) in [6.07, 6.45) is 3.65. The molecule has 0 amide bonds. The van der Waals surface area contributed by atoms with Gasteiger partial charge < -0.3 is 10.5 Å². The average Bonchev–Trinajstić information content (AvgIpc) is 3.03. The third kappa shape index (κ3) is 2.10. The van der Waals surface area contributed by atoms with Gasteiger partial charge in [0.2, 0.25) is 11.8 Å². The minimum atomic E-state index is 0.447. The van der Waals surface area contributed by atoms with Crippen LogP contribution in [0.5, 0.6) is 5.88 Å². The lowest BCUT2D eigenvalue weighted by Gasteiger charge is -2.06. The van der Waals surface area contributed by atoms with Gasteiger partial charge in [-0.3, -0.25) is 9.25 Å². The van der Waals surface area contributed by atoms with Crippen molar-refractivity contribution in [2.24, 2.45) is 0 Å². The predicted molar refractivity (Wildman–Crippen MR) is 70.7 cm³/mol. The minimum absolute atomic E-state index is 0.447. The second kappa shape index (κ2) is 4.60. The molecule has 0 aliphatic carbocycles. The van der Waals surface area contributed by atoms with Crippen molar-refractivity contribution in [3.8, 4) is 5.88 Å². The van der Waals surface area contributed by atoms with Crippen LogP contribution in [0.2, 0.25) is 0 Å². The van der Waals surface area contributed by atoms with Gasteiger partial charge >= 0.3 is 0 Å². The normalized spacial score (nSPS) is 11.0. The highest BCUT2D eigenvalue weighted by Gasteiger charge is 2.10. The lowest BCUT2D eigenvalue weighted by Crippen LogP contribution is -2.10. The number of hydrogen-bond acceptors (Lipinski definition) is 5. The molecule has 98 valence electrons. The van der Waals surface area contributed by atoms with Crippen LogP contribution in [0, 0.1) is 0 Å². The van der Waals surface area contributed by atoms with Gasteiger partial charge in [-0.2, -0.15) is 10.1 Å². The number of nitrogen functional groups attached to an aromatic ring is 1. The van der Waals surface area contributed by atoms with Gasteiger partial charge in [-0.05, 0) is 12.1 Å². The summed E-state index contributed by atoms with van der Waals surface area (Å²) in [5, 5.41) is 4.16. The van der Waals surface area contributed by atoms with Gasteiger partial charge in [0.25, 0.3) is 0 Å². The van der Waals surface area contributed by atoms with Crippen LogP contribution in [-0.2, 0) is 13.1 Å². The van der Waals surface area contributed by atoms with Gasteiger partial charge in [0.15, 0.2) is 5.65 Å². The number of fused-ring (bicyclic) bond motifs is 1. The summed E-state index contributed by atoms with van der Waals surface area (Å²) in [6.45, 7) is 1.37. The smallest absolute Gasteiger partial charge is 0.215 e. The summed E-state index contributed by atoms with van der Waals surface area (Å²) in [7, 11) is 1.59. The standard InChI is InChI=1S/C12H14N6O/c1-19-10-4-3-9-11(16-10)18(12(13)15-9)8-7-17-6-2-5-14-17/h2-6H,7-8H2,1H3,(H2,13,15). The van der Waals surface area contributed by atoms with Crippen LogP contribution in [0.25, 0.3) is 11.2 Å². The van der Waals surface area contributed by atoms with E-state index in [0.717, 1.165) is 11.2 Å². The monoisotopic (exact) mass is 258 g/mol. The van der Waals surface area contributed by atoms with Crippen molar-refractivity contribution in [3.05, 3.63) is 30.6 Å². The lowest BCUT2D eigenvalue weighted by atomic mass is 10.4. The van der Waals surface area contributed by atoms with E-state index in [-0.39, 0.29) is 0 Å². The van der Waals surface area contributed by atoms with Crippen LogP contribution in [-0.4, -0.2) is 31.4 Å². The molecule has 7 nitrogen and oxygen atoms in total. The number of nitrogens with two attached hydrogens (primary N) is 1. The van der Waals surface area contributed by atoms with Crippen LogP contribution in [0.1, 0.15) is 0 Å². The van der Waals surface area contributed by atoms with Gasteiger partial charge in [0.1, 0.15) is 5.52 Å². The Bertz CT molecular complexity index is 688. The number of ether oxygens (including phenoxy) is 1. The summed E-state index contributed by atoms with van der Waals surface area (Å²) >= 11 is 0. The highest BCUT2D eigenvalue weighted by atomic mass is 16.5. The van der Waals surface area contributed by atoms with Crippen molar-refractivity contribution in [2.45, 2.75) is 13.1 Å². The Morgan fingerprint density at radius 3 is 2.89 bits per heavy atom. The molecule has 0 unspecified atom stereocenters. The summed E-state index contributed by atoms with van der Waals surface area (Å²) < 4.78 is 8.83. The topological polar surface area (TPSA) is 83.8 Å². The molecule has 0 aliphatic rings. The number of pyridine rings is 1. The van der Waals surface area contributed by atoms with Crippen molar-refractivity contribution in [2.75, 3.05) is 12.8 Å². The molecule has 0 spiro atoms. The number of nitrogens with zero attached hydrogens (tertiary/aromatic N) is 5. The molecule has 3 heterocycles. The summed E-state index contributed by atoms with van der Waals surface area (Å²) in [4.78, 5) is 8.66. The molecule has 3 aromatic rings. The first-order valence-electron chi connectivity index (χ1n) is 5.92. The molecule has 3 aromatic heterocycles. The van der Waals surface area contributed by atoms with Gasteiger partial charge in [-0.25, -0.2) is 4.98 Å². The third-order valence-corrected chi connectivity index (χ3v) is 2.92. The third-order valence-electron chi connectivity index (χ3n) is 2.92. The Labute approximate surface area is 109 Å². The highest BCUT2D eigenvalue weighted by molar-refractivity contribution is 5.74. The maximum Gasteiger partial charge on any atom is 0.215 e. The molecule has 0 radical (unpaired) electrons. The van der Waals surface area contributed by atoms with Crippen molar-refractivity contribution < 1.29 is 4.74 Å². The molecule has 7 heteroatoms. The van der Waals surface area contributed by atoms with E-state index in [2.05, 4.69) is 15.1 Å². The van der Waals surface area contributed by atoms with E-state index in [1.807, 2.05) is 27.6 Å². The number of aryl methyl sites for hydroxylation is 2. The first-order valence-corrected chi connectivity index (χ1v) is 5.92. The van der Waals surface area contributed by atoms with Crippen molar-refractivity contribution >= 4 is 17.1 Å². The lowest BCUT2D eigenvalue weighted by molar-refractivity contribution is 0.398. The largest absolute Gasteiger partial charge is 0.481 e. The molecule has 0 fully saturated rings. The van der Waals surface area contributed by atoms with Gasteiger partial charge in [-0.1, -0.05) is 0 Å². The maximum absolute atomic E-state index is 5.93. The fraction of sp³-hybridized carbons (Fsp3) is 0.250. The van der Waals surface area contributed by atoms with E-state index in [1.165, 1.54) is 0 Å². The molecule has 19 heavy (non-hydrogen) atoms. The van der Waals surface area contributed by atoms with E-state index >= 15 is 0 Å². The summed E-state index contributed by atoms with van der Waals surface area (Å²) in [5.74, 6) is 0.996. The van der Waals surface area contributed by atoms with Gasteiger partial charge in [0.05, 0.1) is 13.7 Å². The first-order chi connectivity index (χ1) is 9.28. The Balaban J connectivity index is 1.94. The molecule has 0 saturated heterocycles. The molecule has 0 atom stereocenters. The molecular formula is C12H14N6O. The predicted octanol–water partition coefficient (Wildman–Crippen LogP) is 0.919. The molecular weight excluding hydrogens is 244 g/mol. The fourth-order valence-corrected chi connectivity index (χ4v) is 1.97. The first kappa shape index (κ1) is 11.5. The second-order valence-corrected chi connectivity index (χ2v) is 4.09. The Morgan fingerprint density at radius 1 is 1.26 bits per heavy atom. The Hall–Kier alpha value is -2.57. The van der Waals surface area contributed by atoms with Crippen LogP contribution in [0.15, 0.2) is 30.6 Å².